The second-order valence-corrected chi connectivity index (χ2v) is 4.81. The maximum atomic E-state index is 12.1. The molecule has 0 radical (unpaired) electrons. The molecule has 0 atom stereocenters. The third-order valence-electron chi connectivity index (χ3n) is 2.60. The third-order valence-corrected chi connectivity index (χ3v) is 3.27. The summed E-state index contributed by atoms with van der Waals surface area (Å²) in [7, 11) is 1.71. The van der Waals surface area contributed by atoms with Crippen molar-refractivity contribution in [2.45, 2.75) is 13.8 Å². The summed E-state index contributed by atoms with van der Waals surface area (Å²) in [5, 5.41) is 8.70. The number of alkyl halides is 1. The highest BCUT2D eigenvalue weighted by atomic mass is 35.5. The van der Waals surface area contributed by atoms with Gasteiger partial charge in [-0.3, -0.25) is 4.79 Å². The van der Waals surface area contributed by atoms with Gasteiger partial charge in [0.05, 0.1) is 17.0 Å². The van der Waals surface area contributed by atoms with Crippen LogP contribution in [0, 0.1) is 16.7 Å². The van der Waals surface area contributed by atoms with Crippen molar-refractivity contribution >= 4 is 23.2 Å². The highest BCUT2D eigenvalue weighted by molar-refractivity contribution is 6.20. The van der Waals surface area contributed by atoms with E-state index in [1.807, 2.05) is 19.9 Å². The van der Waals surface area contributed by atoms with E-state index in [-0.39, 0.29) is 11.8 Å². The van der Waals surface area contributed by atoms with Crippen molar-refractivity contribution < 1.29 is 4.79 Å². The molecule has 0 aliphatic rings. The second-order valence-electron chi connectivity index (χ2n) is 4.54. The van der Waals surface area contributed by atoms with E-state index >= 15 is 0 Å². The van der Waals surface area contributed by atoms with Gasteiger partial charge in [-0.25, -0.2) is 0 Å². The molecule has 90 valence electrons. The first kappa shape index (κ1) is 13.5. The molecule has 0 N–H and O–H groups in total. The summed E-state index contributed by atoms with van der Waals surface area (Å²) in [6, 6.07) is 8.92. The molecule has 1 aromatic carbocycles. The van der Waals surface area contributed by atoms with Crippen LogP contribution >= 0.6 is 11.6 Å². The maximum absolute atomic E-state index is 12.1. The van der Waals surface area contributed by atoms with Crippen LogP contribution in [0.25, 0.3) is 0 Å². The number of nitriles is 1. The summed E-state index contributed by atoms with van der Waals surface area (Å²) in [6.07, 6.45) is 0. The molecule has 0 saturated heterocycles. The molecule has 0 aliphatic heterocycles. The zero-order chi connectivity index (χ0) is 13.1. The molecule has 1 rings (SSSR count). The number of amides is 1. The zero-order valence-corrected chi connectivity index (χ0v) is 11.0. The Labute approximate surface area is 107 Å². The van der Waals surface area contributed by atoms with Crippen LogP contribution in [0.2, 0.25) is 0 Å². The van der Waals surface area contributed by atoms with Crippen molar-refractivity contribution in [3.8, 4) is 6.07 Å². The molecule has 0 aromatic heterocycles. The minimum Gasteiger partial charge on any atom is -0.315 e. The number of hydrogen-bond donors (Lipinski definition) is 0. The van der Waals surface area contributed by atoms with Gasteiger partial charge < -0.3 is 4.90 Å². The lowest BCUT2D eigenvalue weighted by Crippen LogP contribution is -2.39. The van der Waals surface area contributed by atoms with Crippen LogP contribution in [0.3, 0.4) is 0 Å². The van der Waals surface area contributed by atoms with Crippen molar-refractivity contribution in [1.82, 2.24) is 0 Å². The van der Waals surface area contributed by atoms with E-state index in [4.69, 9.17) is 16.9 Å². The van der Waals surface area contributed by atoms with Crippen LogP contribution in [0.5, 0.6) is 0 Å². The highest BCUT2D eigenvalue weighted by Crippen LogP contribution is 2.24. The molecular weight excluding hydrogens is 236 g/mol. The molecule has 4 heteroatoms. The fourth-order valence-corrected chi connectivity index (χ4v) is 1.50. The van der Waals surface area contributed by atoms with E-state index in [2.05, 4.69) is 0 Å². The van der Waals surface area contributed by atoms with Crippen LogP contribution in [-0.4, -0.2) is 18.8 Å². The van der Waals surface area contributed by atoms with Crippen molar-refractivity contribution in [3.05, 3.63) is 29.8 Å². The number of hydrogen-bond acceptors (Lipinski definition) is 2. The van der Waals surface area contributed by atoms with Crippen LogP contribution in [0.4, 0.5) is 5.69 Å². The summed E-state index contributed by atoms with van der Waals surface area (Å²) in [5.41, 5.74) is 0.739. The van der Waals surface area contributed by atoms with Gasteiger partial charge in [-0.05, 0) is 38.1 Å². The average molecular weight is 251 g/mol. The number of nitrogens with zero attached hydrogens (tertiary/aromatic N) is 2. The quantitative estimate of drug-likeness (QED) is 0.775. The SMILES string of the molecule is CN(C(=O)C(C)(C)CCl)c1ccc(C#N)cc1. The Kier molecular flexibility index (Phi) is 4.14. The van der Waals surface area contributed by atoms with Crippen molar-refractivity contribution in [1.29, 1.82) is 5.26 Å². The first-order valence-electron chi connectivity index (χ1n) is 5.26. The average Bonchev–Trinajstić information content (AvgIpc) is 2.37. The molecule has 1 aromatic rings. The van der Waals surface area contributed by atoms with Gasteiger partial charge in [0.1, 0.15) is 0 Å². The zero-order valence-electron chi connectivity index (χ0n) is 10.2. The lowest BCUT2D eigenvalue weighted by molar-refractivity contribution is -0.125. The highest BCUT2D eigenvalue weighted by Gasteiger charge is 2.30. The normalized spacial score (nSPS) is 10.8. The Bertz CT molecular complexity index is 445. The topological polar surface area (TPSA) is 44.1 Å². The van der Waals surface area contributed by atoms with Crippen LogP contribution < -0.4 is 4.90 Å². The number of carbonyl (C=O) groups excluding carboxylic acids is 1. The smallest absolute Gasteiger partial charge is 0.233 e. The fourth-order valence-electron chi connectivity index (χ4n) is 1.39. The van der Waals surface area contributed by atoms with Crippen molar-refractivity contribution in [3.63, 3.8) is 0 Å². The van der Waals surface area contributed by atoms with Crippen LogP contribution in [-0.2, 0) is 4.79 Å². The van der Waals surface area contributed by atoms with Gasteiger partial charge in [0.25, 0.3) is 0 Å². The predicted molar refractivity (Wildman–Crippen MR) is 69.1 cm³/mol. The largest absolute Gasteiger partial charge is 0.315 e. The molecule has 3 nitrogen and oxygen atoms in total. The van der Waals surface area contributed by atoms with E-state index in [0.29, 0.717) is 5.56 Å². The Balaban J connectivity index is 2.93. The number of carbonyl (C=O) groups is 1. The molecule has 1 amide bonds. The Hall–Kier alpha value is -1.53. The summed E-state index contributed by atoms with van der Waals surface area (Å²) in [4.78, 5) is 13.7. The number of benzene rings is 1. The third kappa shape index (κ3) is 2.98. The van der Waals surface area contributed by atoms with E-state index in [1.165, 1.54) is 0 Å². The second kappa shape index (κ2) is 5.20. The maximum Gasteiger partial charge on any atom is 0.233 e. The number of halogens is 1. The predicted octanol–water partition coefficient (Wildman–Crippen LogP) is 2.79. The molecule has 0 saturated carbocycles. The minimum absolute atomic E-state index is 0.0443. The molecule has 0 fully saturated rings. The van der Waals surface area contributed by atoms with Gasteiger partial charge in [-0.1, -0.05) is 0 Å². The molecule has 0 bridgehead atoms. The van der Waals surface area contributed by atoms with Gasteiger partial charge >= 0.3 is 0 Å². The monoisotopic (exact) mass is 250 g/mol. The fraction of sp³-hybridized carbons (Fsp3) is 0.385. The van der Waals surface area contributed by atoms with Crippen LogP contribution in [0.1, 0.15) is 19.4 Å². The van der Waals surface area contributed by atoms with E-state index < -0.39 is 5.41 Å². The standard InChI is InChI=1S/C13H15ClN2O/c1-13(2,9-14)12(17)16(3)11-6-4-10(8-15)5-7-11/h4-7H,9H2,1-3H3. The lowest BCUT2D eigenvalue weighted by Gasteiger charge is -2.27. The van der Waals surface area contributed by atoms with Gasteiger partial charge in [-0.2, -0.15) is 5.26 Å². The lowest BCUT2D eigenvalue weighted by atomic mass is 9.94. The van der Waals surface area contributed by atoms with E-state index in [0.717, 1.165) is 5.69 Å². The first-order valence-corrected chi connectivity index (χ1v) is 5.80. The Morgan fingerprint density at radius 3 is 2.35 bits per heavy atom. The summed E-state index contributed by atoms with van der Waals surface area (Å²) < 4.78 is 0. The molecule has 0 spiro atoms. The Morgan fingerprint density at radius 2 is 1.94 bits per heavy atom. The number of anilines is 1. The number of rotatable bonds is 3. The van der Waals surface area contributed by atoms with Gasteiger partial charge in [0.2, 0.25) is 5.91 Å². The van der Waals surface area contributed by atoms with Crippen LogP contribution in [0.15, 0.2) is 24.3 Å². The Morgan fingerprint density at radius 1 is 1.41 bits per heavy atom. The van der Waals surface area contributed by atoms with Gasteiger partial charge in [0.15, 0.2) is 0 Å². The molecule has 0 unspecified atom stereocenters. The minimum atomic E-state index is -0.593. The molecular formula is C13H15ClN2O. The summed E-state index contributed by atoms with van der Waals surface area (Å²) in [5.74, 6) is 0.226. The van der Waals surface area contributed by atoms with Crippen molar-refractivity contribution in [2.24, 2.45) is 5.41 Å². The van der Waals surface area contributed by atoms with E-state index in [1.54, 1.807) is 36.2 Å². The molecule has 0 aliphatic carbocycles. The summed E-state index contributed by atoms with van der Waals surface area (Å²) in [6.45, 7) is 3.62. The van der Waals surface area contributed by atoms with Crippen molar-refractivity contribution in [2.75, 3.05) is 17.8 Å². The summed E-state index contributed by atoms with van der Waals surface area (Å²) >= 11 is 5.78. The van der Waals surface area contributed by atoms with Gasteiger partial charge in [0, 0.05) is 18.6 Å². The van der Waals surface area contributed by atoms with E-state index in [9.17, 15) is 4.79 Å². The first-order chi connectivity index (χ1) is 7.92. The molecule has 0 heterocycles. The van der Waals surface area contributed by atoms with Gasteiger partial charge in [-0.15, -0.1) is 11.6 Å². The molecule has 17 heavy (non-hydrogen) atoms.